The fourth-order valence-corrected chi connectivity index (χ4v) is 7.23. The molecule has 7 atom stereocenters. The summed E-state index contributed by atoms with van der Waals surface area (Å²) in [6.07, 6.45) is 7.05. The number of likely N-dealkylation sites (tertiary alicyclic amines) is 1. The number of amides is 1. The largest absolute Gasteiger partial charge is 0.342 e. The van der Waals surface area contributed by atoms with Crippen LogP contribution in [0.5, 0.6) is 0 Å². The zero-order valence-electron chi connectivity index (χ0n) is 15.1. The molecule has 1 heterocycles. The first-order valence-corrected chi connectivity index (χ1v) is 9.58. The van der Waals surface area contributed by atoms with Gasteiger partial charge in [0.1, 0.15) is 5.78 Å². The van der Waals surface area contributed by atoms with Crippen LogP contribution in [0.1, 0.15) is 65.7 Å². The molecule has 0 bridgehead atoms. The van der Waals surface area contributed by atoms with Crippen molar-refractivity contribution in [2.24, 2.45) is 34.5 Å². The lowest BCUT2D eigenvalue weighted by molar-refractivity contribution is -0.166. The van der Waals surface area contributed by atoms with Gasteiger partial charge in [-0.05, 0) is 61.2 Å². The number of hydrogen-bond acceptors (Lipinski definition) is 2. The third-order valence-corrected chi connectivity index (χ3v) is 8.64. The molecule has 0 aromatic heterocycles. The highest BCUT2D eigenvalue weighted by molar-refractivity contribution is 5.87. The van der Waals surface area contributed by atoms with Crippen molar-refractivity contribution in [3.8, 4) is 0 Å². The quantitative estimate of drug-likeness (QED) is 0.683. The van der Waals surface area contributed by atoms with E-state index in [9.17, 15) is 9.59 Å². The number of fused-ring (bicyclic) bond motifs is 5. The maximum Gasteiger partial charge on any atom is 0.222 e. The minimum absolute atomic E-state index is 0.0466. The number of Topliss-reactive ketones (excluding diaryl/α,β-unsaturated/α-hetero) is 1. The number of carbonyl (C=O) groups is 2. The van der Waals surface area contributed by atoms with Crippen molar-refractivity contribution >= 4 is 11.7 Å². The van der Waals surface area contributed by atoms with Crippen LogP contribution in [0.15, 0.2) is 0 Å². The first kappa shape index (κ1) is 15.7. The van der Waals surface area contributed by atoms with E-state index in [0.717, 1.165) is 32.1 Å². The SMILES string of the molecule is C[C@H]1C[C@H]2N(C)C(=O)CC[C@]2(C)[C@H]2CC[C@]3(C)C(=O)CC[C@H]3[C@H]12. The average Bonchev–Trinajstić information content (AvgIpc) is 2.82. The molecule has 3 heteroatoms. The van der Waals surface area contributed by atoms with Crippen molar-refractivity contribution < 1.29 is 9.59 Å². The summed E-state index contributed by atoms with van der Waals surface area (Å²) in [5.74, 6) is 3.44. The monoisotopic (exact) mass is 317 g/mol. The molecule has 1 saturated heterocycles. The fourth-order valence-electron chi connectivity index (χ4n) is 7.23. The van der Waals surface area contributed by atoms with E-state index >= 15 is 0 Å². The van der Waals surface area contributed by atoms with E-state index in [2.05, 4.69) is 25.7 Å². The smallest absolute Gasteiger partial charge is 0.222 e. The van der Waals surface area contributed by atoms with Crippen molar-refractivity contribution in [3.63, 3.8) is 0 Å². The Balaban J connectivity index is 1.72. The van der Waals surface area contributed by atoms with Crippen molar-refractivity contribution in [3.05, 3.63) is 0 Å². The second-order valence-corrected chi connectivity index (χ2v) is 9.45. The normalized spacial score (nSPS) is 52.9. The standard InChI is InChI=1S/C20H31NO2/c1-12-11-15-19(2,10-8-17(23)21(15)4)14-7-9-20(3)13(18(12)14)5-6-16(20)22/h12-15,18H,5-11H2,1-4H3/t12-,13-,14-,15+,18-,19+,20-/m0/s1. The lowest BCUT2D eigenvalue weighted by atomic mass is 9.45. The summed E-state index contributed by atoms with van der Waals surface area (Å²) < 4.78 is 0. The fraction of sp³-hybridized carbons (Fsp3) is 0.900. The van der Waals surface area contributed by atoms with Gasteiger partial charge in [-0.2, -0.15) is 0 Å². The maximum absolute atomic E-state index is 12.5. The molecule has 4 fully saturated rings. The number of piperidine rings is 1. The molecule has 3 saturated carbocycles. The van der Waals surface area contributed by atoms with Crippen LogP contribution < -0.4 is 0 Å². The summed E-state index contributed by atoms with van der Waals surface area (Å²) in [5, 5.41) is 0. The van der Waals surface area contributed by atoms with Crippen LogP contribution in [0.2, 0.25) is 0 Å². The van der Waals surface area contributed by atoms with Gasteiger partial charge in [-0.3, -0.25) is 9.59 Å². The topological polar surface area (TPSA) is 37.4 Å². The Morgan fingerprint density at radius 1 is 1.04 bits per heavy atom. The Morgan fingerprint density at radius 2 is 1.78 bits per heavy atom. The number of ketones is 1. The lowest BCUT2D eigenvalue weighted by Crippen LogP contribution is -2.63. The van der Waals surface area contributed by atoms with Crippen LogP contribution in [0.25, 0.3) is 0 Å². The molecule has 0 spiro atoms. The third-order valence-electron chi connectivity index (χ3n) is 8.64. The first-order valence-electron chi connectivity index (χ1n) is 9.58. The zero-order valence-corrected chi connectivity index (χ0v) is 15.1. The molecule has 0 radical (unpaired) electrons. The average molecular weight is 317 g/mol. The molecule has 128 valence electrons. The van der Waals surface area contributed by atoms with Crippen molar-refractivity contribution in [2.45, 2.75) is 71.8 Å². The summed E-state index contributed by atoms with van der Waals surface area (Å²) in [5.41, 5.74) is 0.210. The van der Waals surface area contributed by atoms with Crippen molar-refractivity contribution in [1.82, 2.24) is 4.90 Å². The minimum atomic E-state index is -0.0466. The Kier molecular flexibility index (Phi) is 3.29. The van der Waals surface area contributed by atoms with Gasteiger partial charge >= 0.3 is 0 Å². The number of carbonyl (C=O) groups excluding carboxylic acids is 2. The Bertz CT molecular complexity index is 558. The summed E-state index contributed by atoms with van der Waals surface area (Å²) >= 11 is 0. The molecule has 4 rings (SSSR count). The van der Waals surface area contributed by atoms with Crippen LogP contribution in [0, 0.1) is 34.5 Å². The van der Waals surface area contributed by atoms with Gasteiger partial charge in [0.25, 0.3) is 0 Å². The van der Waals surface area contributed by atoms with E-state index in [1.807, 2.05) is 7.05 Å². The highest BCUT2D eigenvalue weighted by atomic mass is 16.2. The molecule has 1 amide bonds. The van der Waals surface area contributed by atoms with Gasteiger partial charge in [-0.1, -0.05) is 20.8 Å². The van der Waals surface area contributed by atoms with Gasteiger partial charge in [-0.15, -0.1) is 0 Å². The van der Waals surface area contributed by atoms with E-state index in [1.54, 1.807) is 0 Å². The molecular weight excluding hydrogens is 286 g/mol. The predicted octanol–water partition coefficient (Wildman–Crippen LogP) is 3.66. The second-order valence-electron chi connectivity index (χ2n) is 9.45. The molecule has 23 heavy (non-hydrogen) atoms. The van der Waals surface area contributed by atoms with Crippen LogP contribution in [-0.2, 0) is 9.59 Å². The van der Waals surface area contributed by atoms with E-state index in [-0.39, 0.29) is 10.8 Å². The molecule has 0 unspecified atom stereocenters. The Labute approximate surface area is 140 Å². The highest BCUT2D eigenvalue weighted by Gasteiger charge is 2.62. The first-order chi connectivity index (χ1) is 10.8. The highest BCUT2D eigenvalue weighted by Crippen LogP contribution is 2.65. The van der Waals surface area contributed by atoms with Gasteiger partial charge in [0.15, 0.2) is 0 Å². The predicted molar refractivity (Wildman–Crippen MR) is 89.7 cm³/mol. The third kappa shape index (κ3) is 1.88. The van der Waals surface area contributed by atoms with E-state index in [0.29, 0.717) is 47.8 Å². The van der Waals surface area contributed by atoms with Gasteiger partial charge < -0.3 is 4.90 Å². The Morgan fingerprint density at radius 3 is 2.52 bits per heavy atom. The van der Waals surface area contributed by atoms with Crippen molar-refractivity contribution in [2.75, 3.05) is 7.05 Å². The van der Waals surface area contributed by atoms with Gasteiger partial charge in [0.2, 0.25) is 5.91 Å². The number of nitrogens with zero attached hydrogens (tertiary/aromatic N) is 1. The van der Waals surface area contributed by atoms with Crippen molar-refractivity contribution in [1.29, 1.82) is 0 Å². The molecule has 0 N–H and O–H groups in total. The van der Waals surface area contributed by atoms with E-state index < -0.39 is 0 Å². The molecular formula is C20H31NO2. The van der Waals surface area contributed by atoms with Gasteiger partial charge in [-0.25, -0.2) is 0 Å². The lowest BCUT2D eigenvalue weighted by Gasteiger charge is -2.63. The van der Waals surface area contributed by atoms with Gasteiger partial charge in [0, 0.05) is 31.3 Å². The number of hydrogen-bond donors (Lipinski definition) is 0. The number of rotatable bonds is 0. The summed E-state index contributed by atoms with van der Waals surface area (Å²) in [7, 11) is 2.02. The van der Waals surface area contributed by atoms with E-state index in [4.69, 9.17) is 0 Å². The van der Waals surface area contributed by atoms with Crippen LogP contribution >= 0.6 is 0 Å². The molecule has 0 aromatic rings. The molecule has 4 aliphatic rings. The molecule has 0 aromatic carbocycles. The summed E-state index contributed by atoms with van der Waals surface area (Å²) in [6.45, 7) is 7.09. The van der Waals surface area contributed by atoms with Crippen LogP contribution in [0.3, 0.4) is 0 Å². The zero-order chi connectivity index (χ0) is 16.6. The van der Waals surface area contributed by atoms with Crippen LogP contribution in [-0.4, -0.2) is 29.7 Å². The molecule has 3 nitrogen and oxygen atoms in total. The summed E-state index contributed by atoms with van der Waals surface area (Å²) in [6, 6.07) is 0.404. The van der Waals surface area contributed by atoms with Crippen LogP contribution in [0.4, 0.5) is 0 Å². The van der Waals surface area contributed by atoms with Gasteiger partial charge in [0.05, 0.1) is 0 Å². The molecule has 1 aliphatic heterocycles. The van der Waals surface area contributed by atoms with E-state index in [1.165, 1.54) is 6.42 Å². The maximum atomic E-state index is 12.5. The minimum Gasteiger partial charge on any atom is -0.342 e. The second kappa shape index (κ2) is 4.83. The Hall–Kier alpha value is -0.860. The molecule has 3 aliphatic carbocycles. The summed E-state index contributed by atoms with van der Waals surface area (Å²) in [4.78, 5) is 26.8.